The second-order valence-electron chi connectivity index (χ2n) is 4.14. The number of nitrogens with one attached hydrogen (secondary N) is 1. The lowest BCUT2D eigenvalue weighted by Gasteiger charge is -1.97. The number of aromatic amines is 1. The fraction of sp³-hybridized carbons (Fsp3) is 0.250. The van der Waals surface area contributed by atoms with E-state index < -0.39 is 0 Å². The lowest BCUT2D eigenvalue weighted by molar-refractivity contribution is 1.04. The third kappa shape index (κ3) is 1.50. The van der Waals surface area contributed by atoms with E-state index >= 15 is 0 Å². The minimum absolute atomic E-state index is 0.562. The van der Waals surface area contributed by atoms with E-state index in [-0.39, 0.29) is 0 Å². The summed E-state index contributed by atoms with van der Waals surface area (Å²) in [7, 11) is 0. The molecule has 3 aromatic heterocycles. The van der Waals surface area contributed by atoms with E-state index in [4.69, 9.17) is 5.73 Å². The summed E-state index contributed by atoms with van der Waals surface area (Å²) in [4.78, 5) is 8.96. The van der Waals surface area contributed by atoms with Gasteiger partial charge in [0.05, 0.1) is 17.1 Å². The van der Waals surface area contributed by atoms with Crippen molar-refractivity contribution in [3.8, 4) is 11.4 Å². The van der Waals surface area contributed by atoms with Crippen LogP contribution in [0, 0.1) is 13.8 Å². The predicted octanol–water partition coefficient (Wildman–Crippen LogP) is 2.47. The monoisotopic (exact) mass is 246 g/mol. The van der Waals surface area contributed by atoms with Crippen LogP contribution in [-0.2, 0) is 6.54 Å². The van der Waals surface area contributed by atoms with Crippen molar-refractivity contribution in [2.24, 2.45) is 5.73 Å². The van der Waals surface area contributed by atoms with Gasteiger partial charge in [-0.05, 0) is 25.5 Å². The number of H-pyrrole nitrogens is 1. The van der Waals surface area contributed by atoms with Gasteiger partial charge in [-0.15, -0.1) is 11.3 Å². The number of fused-ring (bicyclic) bond motifs is 1. The zero-order valence-electron chi connectivity index (χ0n) is 9.82. The maximum atomic E-state index is 5.71. The first kappa shape index (κ1) is 10.6. The zero-order chi connectivity index (χ0) is 12.0. The summed E-state index contributed by atoms with van der Waals surface area (Å²) in [6.45, 7) is 4.65. The molecule has 0 saturated heterocycles. The summed E-state index contributed by atoms with van der Waals surface area (Å²) in [6, 6.07) is 2.11. The summed E-state index contributed by atoms with van der Waals surface area (Å²) < 4.78 is 2.12. The van der Waals surface area contributed by atoms with Gasteiger partial charge in [-0.2, -0.15) is 0 Å². The minimum atomic E-state index is 0.562. The van der Waals surface area contributed by atoms with E-state index in [9.17, 15) is 0 Å². The Labute approximate surface area is 103 Å². The molecule has 3 heterocycles. The fourth-order valence-electron chi connectivity index (χ4n) is 2.16. The fourth-order valence-corrected chi connectivity index (χ4v) is 2.92. The topological polar surface area (TPSA) is 59.1 Å². The Kier molecular flexibility index (Phi) is 2.31. The van der Waals surface area contributed by atoms with Crippen LogP contribution >= 0.6 is 11.3 Å². The Morgan fingerprint density at radius 1 is 1.47 bits per heavy atom. The number of thiazole rings is 1. The minimum Gasteiger partial charge on any atom is -0.357 e. The number of nitrogens with zero attached hydrogens (tertiary/aromatic N) is 2. The molecule has 5 heteroatoms. The van der Waals surface area contributed by atoms with Crippen LogP contribution in [0.15, 0.2) is 17.6 Å². The van der Waals surface area contributed by atoms with Gasteiger partial charge >= 0.3 is 0 Å². The van der Waals surface area contributed by atoms with Gasteiger partial charge in [0.25, 0.3) is 0 Å². The molecule has 0 amide bonds. The largest absolute Gasteiger partial charge is 0.357 e. The van der Waals surface area contributed by atoms with Crippen LogP contribution in [0.5, 0.6) is 0 Å². The van der Waals surface area contributed by atoms with Crippen LogP contribution in [0.4, 0.5) is 0 Å². The summed E-state index contributed by atoms with van der Waals surface area (Å²) in [5, 5.41) is 2.05. The van der Waals surface area contributed by atoms with Gasteiger partial charge in [-0.3, -0.25) is 4.40 Å². The van der Waals surface area contributed by atoms with Crippen LogP contribution in [0.3, 0.4) is 0 Å². The van der Waals surface area contributed by atoms with Crippen LogP contribution in [-0.4, -0.2) is 14.4 Å². The standard InChI is InChI=1S/C12H14N4S/c1-7-9(6-13)5-10(14-7)11-8(2)15-12-16(11)3-4-17-12/h3-5,14H,6,13H2,1-2H3. The van der Waals surface area contributed by atoms with E-state index in [1.807, 2.05) is 25.4 Å². The first-order chi connectivity index (χ1) is 8.20. The molecule has 0 aliphatic carbocycles. The molecule has 0 saturated carbocycles. The Morgan fingerprint density at radius 2 is 2.29 bits per heavy atom. The highest BCUT2D eigenvalue weighted by Crippen LogP contribution is 2.27. The molecule has 0 bridgehead atoms. The third-order valence-corrected chi connectivity index (χ3v) is 3.79. The van der Waals surface area contributed by atoms with Crippen molar-refractivity contribution in [2.45, 2.75) is 20.4 Å². The molecule has 0 aromatic carbocycles. The Morgan fingerprint density at radius 3 is 3.00 bits per heavy atom. The first-order valence-electron chi connectivity index (χ1n) is 5.51. The normalized spacial score (nSPS) is 11.5. The second-order valence-corrected chi connectivity index (χ2v) is 5.01. The molecule has 0 unspecified atom stereocenters. The molecule has 3 rings (SSSR count). The average Bonchev–Trinajstić information content (AvgIpc) is 2.92. The van der Waals surface area contributed by atoms with Crippen LogP contribution in [0.1, 0.15) is 17.0 Å². The first-order valence-corrected chi connectivity index (χ1v) is 6.39. The van der Waals surface area contributed by atoms with Gasteiger partial charge in [0.15, 0.2) is 4.96 Å². The molecule has 0 aliphatic rings. The molecule has 3 N–H and O–H groups in total. The van der Waals surface area contributed by atoms with Gasteiger partial charge in [-0.1, -0.05) is 0 Å². The van der Waals surface area contributed by atoms with Crippen molar-refractivity contribution in [3.63, 3.8) is 0 Å². The Balaban J connectivity index is 2.25. The lowest BCUT2D eigenvalue weighted by Crippen LogP contribution is -1.95. The van der Waals surface area contributed by atoms with Crippen molar-refractivity contribution < 1.29 is 0 Å². The van der Waals surface area contributed by atoms with Gasteiger partial charge in [0.2, 0.25) is 0 Å². The molecule has 88 valence electrons. The van der Waals surface area contributed by atoms with Crippen LogP contribution in [0.25, 0.3) is 16.3 Å². The summed E-state index contributed by atoms with van der Waals surface area (Å²) >= 11 is 1.65. The van der Waals surface area contributed by atoms with Crippen molar-refractivity contribution in [3.05, 3.63) is 34.6 Å². The van der Waals surface area contributed by atoms with E-state index in [1.54, 1.807) is 11.3 Å². The zero-order valence-corrected chi connectivity index (χ0v) is 10.6. The highest BCUT2D eigenvalue weighted by atomic mass is 32.1. The molecule has 0 radical (unpaired) electrons. The van der Waals surface area contributed by atoms with E-state index in [2.05, 4.69) is 20.4 Å². The van der Waals surface area contributed by atoms with E-state index in [0.29, 0.717) is 6.54 Å². The third-order valence-electron chi connectivity index (χ3n) is 3.03. The number of rotatable bonds is 2. The van der Waals surface area contributed by atoms with Gasteiger partial charge in [-0.25, -0.2) is 4.98 Å². The molecule has 0 spiro atoms. The second kappa shape index (κ2) is 3.72. The number of aromatic nitrogens is 3. The highest BCUT2D eigenvalue weighted by molar-refractivity contribution is 7.15. The molecular formula is C12H14N4S. The number of nitrogens with two attached hydrogens (primary N) is 1. The van der Waals surface area contributed by atoms with Crippen molar-refractivity contribution >= 4 is 16.3 Å². The Hall–Kier alpha value is -1.59. The lowest BCUT2D eigenvalue weighted by atomic mass is 10.2. The maximum Gasteiger partial charge on any atom is 0.194 e. The molecule has 17 heavy (non-hydrogen) atoms. The van der Waals surface area contributed by atoms with Crippen molar-refractivity contribution in [1.29, 1.82) is 0 Å². The summed E-state index contributed by atoms with van der Waals surface area (Å²) in [6.07, 6.45) is 2.05. The highest BCUT2D eigenvalue weighted by Gasteiger charge is 2.14. The van der Waals surface area contributed by atoms with E-state index in [1.165, 1.54) is 0 Å². The predicted molar refractivity (Wildman–Crippen MR) is 70.2 cm³/mol. The SMILES string of the molecule is Cc1nc2sccn2c1-c1cc(CN)c(C)[nH]1. The summed E-state index contributed by atoms with van der Waals surface area (Å²) in [5.41, 5.74) is 11.3. The van der Waals surface area contributed by atoms with Gasteiger partial charge < -0.3 is 10.7 Å². The molecule has 0 aliphatic heterocycles. The molecule has 0 fully saturated rings. The molecular weight excluding hydrogens is 232 g/mol. The average molecular weight is 246 g/mol. The number of hydrogen-bond donors (Lipinski definition) is 2. The van der Waals surface area contributed by atoms with Crippen molar-refractivity contribution in [1.82, 2.24) is 14.4 Å². The number of hydrogen-bond acceptors (Lipinski definition) is 3. The Bertz CT molecular complexity index is 674. The van der Waals surface area contributed by atoms with Gasteiger partial charge in [0, 0.05) is 23.8 Å². The molecule has 4 nitrogen and oxygen atoms in total. The van der Waals surface area contributed by atoms with E-state index in [0.717, 1.165) is 33.3 Å². The molecule has 3 aromatic rings. The molecule has 0 atom stereocenters. The van der Waals surface area contributed by atoms with Crippen molar-refractivity contribution in [2.75, 3.05) is 0 Å². The number of imidazole rings is 1. The van der Waals surface area contributed by atoms with Gasteiger partial charge in [0.1, 0.15) is 0 Å². The van der Waals surface area contributed by atoms with Crippen LogP contribution < -0.4 is 5.73 Å². The number of aryl methyl sites for hydroxylation is 2. The quantitative estimate of drug-likeness (QED) is 0.729. The smallest absolute Gasteiger partial charge is 0.194 e. The van der Waals surface area contributed by atoms with Crippen LogP contribution in [0.2, 0.25) is 0 Å². The summed E-state index contributed by atoms with van der Waals surface area (Å²) in [5.74, 6) is 0. The maximum absolute atomic E-state index is 5.71.